The second kappa shape index (κ2) is 7.28. The molecule has 26 heavy (non-hydrogen) atoms. The maximum Gasteiger partial charge on any atom is 0.115 e. The van der Waals surface area contributed by atoms with Gasteiger partial charge in [0.05, 0.1) is 11.2 Å². The maximum absolute atomic E-state index is 6.19. The fourth-order valence-corrected chi connectivity index (χ4v) is 3.24. The molecular formula is C21H19ClN4. The molecule has 0 amide bonds. The van der Waals surface area contributed by atoms with Crippen LogP contribution in [-0.4, -0.2) is 15.0 Å². The summed E-state index contributed by atoms with van der Waals surface area (Å²) < 4.78 is 0. The number of pyridine rings is 1. The summed E-state index contributed by atoms with van der Waals surface area (Å²) >= 11 is 6.19. The summed E-state index contributed by atoms with van der Waals surface area (Å²) in [5.41, 5.74) is 6.22. The van der Waals surface area contributed by atoms with Gasteiger partial charge in [0.1, 0.15) is 11.3 Å². The van der Waals surface area contributed by atoms with Crippen LogP contribution in [0, 0.1) is 6.92 Å². The van der Waals surface area contributed by atoms with Gasteiger partial charge in [-0.15, -0.1) is 0 Å². The number of aromatic amines is 1. The summed E-state index contributed by atoms with van der Waals surface area (Å²) in [6, 6.07) is 18.3. The molecule has 0 aliphatic carbocycles. The Morgan fingerprint density at radius 1 is 1.00 bits per heavy atom. The lowest BCUT2D eigenvalue weighted by Gasteiger charge is -2.08. The first-order valence-electron chi connectivity index (χ1n) is 8.55. The summed E-state index contributed by atoms with van der Waals surface area (Å²) in [7, 11) is 0. The maximum atomic E-state index is 6.19. The minimum Gasteiger partial charge on any atom is -0.342 e. The number of imidazole rings is 1. The Labute approximate surface area is 157 Å². The zero-order valence-corrected chi connectivity index (χ0v) is 15.2. The van der Waals surface area contributed by atoms with E-state index in [9.17, 15) is 0 Å². The number of benzene rings is 2. The molecular weight excluding hydrogens is 344 g/mol. The lowest BCUT2D eigenvalue weighted by Crippen LogP contribution is -2.12. The molecule has 5 heteroatoms. The van der Waals surface area contributed by atoms with Gasteiger partial charge in [-0.1, -0.05) is 54.1 Å². The van der Waals surface area contributed by atoms with Crippen molar-refractivity contribution in [3.8, 4) is 11.3 Å². The van der Waals surface area contributed by atoms with E-state index >= 15 is 0 Å². The zero-order valence-electron chi connectivity index (χ0n) is 14.5. The van der Waals surface area contributed by atoms with Gasteiger partial charge < -0.3 is 10.3 Å². The van der Waals surface area contributed by atoms with Gasteiger partial charge in [-0.05, 0) is 30.2 Å². The average molecular weight is 363 g/mol. The molecule has 2 aromatic carbocycles. The second-order valence-corrected chi connectivity index (χ2v) is 6.68. The van der Waals surface area contributed by atoms with E-state index in [4.69, 9.17) is 11.6 Å². The van der Waals surface area contributed by atoms with Crippen molar-refractivity contribution in [2.75, 3.05) is 0 Å². The number of rotatable bonds is 5. The average Bonchev–Trinajstić information content (AvgIpc) is 3.04. The Bertz CT molecular complexity index is 1040. The van der Waals surface area contributed by atoms with Gasteiger partial charge in [0, 0.05) is 29.9 Å². The fraction of sp³-hybridized carbons (Fsp3) is 0.143. The van der Waals surface area contributed by atoms with Crippen molar-refractivity contribution in [2.45, 2.75) is 20.0 Å². The van der Waals surface area contributed by atoms with E-state index in [2.05, 4.69) is 44.5 Å². The molecule has 130 valence electrons. The summed E-state index contributed by atoms with van der Waals surface area (Å²) in [6.07, 6.45) is 1.81. The van der Waals surface area contributed by atoms with Crippen LogP contribution in [0.2, 0.25) is 5.02 Å². The third-order valence-corrected chi connectivity index (χ3v) is 4.72. The molecule has 4 nitrogen and oxygen atoms in total. The molecule has 0 bridgehead atoms. The molecule has 2 aromatic heterocycles. The zero-order chi connectivity index (χ0) is 17.9. The van der Waals surface area contributed by atoms with Crippen molar-refractivity contribution >= 4 is 22.6 Å². The number of nitrogens with zero attached hydrogens (tertiary/aromatic N) is 2. The Morgan fingerprint density at radius 3 is 2.62 bits per heavy atom. The smallest absolute Gasteiger partial charge is 0.115 e. The monoisotopic (exact) mass is 362 g/mol. The van der Waals surface area contributed by atoms with Gasteiger partial charge in [-0.3, -0.25) is 4.98 Å². The molecule has 4 rings (SSSR count). The van der Waals surface area contributed by atoms with Crippen molar-refractivity contribution in [3.63, 3.8) is 0 Å². The van der Waals surface area contributed by atoms with Crippen molar-refractivity contribution in [1.82, 2.24) is 20.3 Å². The highest BCUT2D eigenvalue weighted by Crippen LogP contribution is 2.25. The first-order chi connectivity index (χ1) is 12.7. The fourth-order valence-electron chi connectivity index (χ4n) is 3.03. The molecule has 0 aliphatic rings. The molecule has 0 spiro atoms. The van der Waals surface area contributed by atoms with Gasteiger partial charge >= 0.3 is 0 Å². The van der Waals surface area contributed by atoms with E-state index in [1.165, 1.54) is 5.56 Å². The molecule has 2 N–H and O–H groups in total. The standard InChI is InChI=1S/C21H19ClN4/c1-14-25-19-10-11-24-20(21(19)26-14)16-8-6-15(7-9-16)12-23-13-17-4-2-3-5-18(17)22/h2-11,23H,12-13H2,1H3,(H,25,26). The largest absolute Gasteiger partial charge is 0.342 e. The van der Waals surface area contributed by atoms with Gasteiger partial charge in [-0.25, -0.2) is 4.98 Å². The predicted octanol–water partition coefficient (Wildman–Crippen LogP) is 4.88. The third kappa shape index (κ3) is 3.47. The van der Waals surface area contributed by atoms with Crippen LogP contribution < -0.4 is 5.32 Å². The number of aryl methyl sites for hydroxylation is 1. The van der Waals surface area contributed by atoms with Crippen LogP contribution in [0.5, 0.6) is 0 Å². The van der Waals surface area contributed by atoms with Crippen LogP contribution in [0.15, 0.2) is 60.8 Å². The quantitative estimate of drug-likeness (QED) is 0.532. The highest BCUT2D eigenvalue weighted by molar-refractivity contribution is 6.31. The van der Waals surface area contributed by atoms with Gasteiger partial charge in [0.25, 0.3) is 0 Å². The highest BCUT2D eigenvalue weighted by Gasteiger charge is 2.09. The van der Waals surface area contributed by atoms with E-state index in [0.29, 0.717) is 0 Å². The van der Waals surface area contributed by atoms with E-state index < -0.39 is 0 Å². The van der Waals surface area contributed by atoms with Crippen LogP contribution in [0.25, 0.3) is 22.3 Å². The van der Waals surface area contributed by atoms with Crippen LogP contribution >= 0.6 is 11.6 Å². The second-order valence-electron chi connectivity index (χ2n) is 6.27. The minimum atomic E-state index is 0.745. The first-order valence-corrected chi connectivity index (χ1v) is 8.93. The number of H-pyrrole nitrogens is 1. The van der Waals surface area contributed by atoms with Gasteiger partial charge in [0.2, 0.25) is 0 Å². The third-order valence-electron chi connectivity index (χ3n) is 4.35. The highest BCUT2D eigenvalue weighted by atomic mass is 35.5. The van der Waals surface area contributed by atoms with Crippen molar-refractivity contribution < 1.29 is 0 Å². The van der Waals surface area contributed by atoms with Crippen molar-refractivity contribution in [2.24, 2.45) is 0 Å². The van der Waals surface area contributed by atoms with Gasteiger partial charge in [-0.2, -0.15) is 0 Å². The molecule has 0 aliphatic heterocycles. The predicted molar refractivity (Wildman–Crippen MR) is 106 cm³/mol. The number of fused-ring (bicyclic) bond motifs is 1. The van der Waals surface area contributed by atoms with E-state index in [1.807, 2.05) is 43.5 Å². The Balaban J connectivity index is 1.47. The Morgan fingerprint density at radius 2 is 1.81 bits per heavy atom. The summed E-state index contributed by atoms with van der Waals surface area (Å²) in [4.78, 5) is 12.3. The molecule has 0 radical (unpaired) electrons. The summed E-state index contributed by atoms with van der Waals surface area (Å²) in [5, 5.41) is 4.23. The molecule has 0 unspecified atom stereocenters. The van der Waals surface area contributed by atoms with Crippen LogP contribution in [-0.2, 0) is 13.1 Å². The number of hydrogen-bond acceptors (Lipinski definition) is 3. The lowest BCUT2D eigenvalue weighted by atomic mass is 10.1. The van der Waals surface area contributed by atoms with Gasteiger partial charge in [0.15, 0.2) is 0 Å². The topological polar surface area (TPSA) is 53.6 Å². The lowest BCUT2D eigenvalue weighted by molar-refractivity contribution is 0.693. The number of aromatic nitrogens is 3. The molecule has 0 atom stereocenters. The van der Waals surface area contributed by atoms with Crippen molar-refractivity contribution in [1.29, 1.82) is 0 Å². The molecule has 0 fully saturated rings. The van der Waals surface area contributed by atoms with Crippen LogP contribution in [0.1, 0.15) is 17.0 Å². The van der Waals surface area contributed by atoms with E-state index in [-0.39, 0.29) is 0 Å². The van der Waals surface area contributed by atoms with Crippen LogP contribution in [0.3, 0.4) is 0 Å². The molecule has 4 aromatic rings. The number of hydrogen-bond donors (Lipinski definition) is 2. The molecule has 2 heterocycles. The Hall–Kier alpha value is -2.69. The van der Waals surface area contributed by atoms with Crippen molar-refractivity contribution in [3.05, 3.63) is 82.8 Å². The van der Waals surface area contributed by atoms with Crippen LogP contribution in [0.4, 0.5) is 0 Å². The van der Waals surface area contributed by atoms with E-state index in [0.717, 1.165) is 51.8 Å². The summed E-state index contributed by atoms with van der Waals surface area (Å²) in [5.74, 6) is 0.898. The normalized spacial score (nSPS) is 11.2. The molecule has 0 saturated carbocycles. The number of nitrogens with one attached hydrogen (secondary N) is 2. The van der Waals surface area contributed by atoms with E-state index in [1.54, 1.807) is 0 Å². The number of halogens is 1. The summed E-state index contributed by atoms with van der Waals surface area (Å²) in [6.45, 7) is 3.48. The first kappa shape index (κ1) is 16.8. The Kier molecular flexibility index (Phi) is 4.69. The molecule has 0 saturated heterocycles. The SMILES string of the molecule is Cc1nc2c(-c3ccc(CNCc4ccccc4Cl)cc3)nccc2[nH]1. The minimum absolute atomic E-state index is 0.745.